The molecule has 1 aromatic carbocycles. The molecule has 0 radical (unpaired) electrons. The van der Waals surface area contributed by atoms with Crippen LogP contribution in [0.25, 0.3) is 11.5 Å². The number of carbonyl (C=O) groups is 1. The van der Waals surface area contributed by atoms with Gasteiger partial charge in [-0.1, -0.05) is 25.6 Å². The van der Waals surface area contributed by atoms with Crippen LogP contribution in [0.1, 0.15) is 24.2 Å². The molecule has 1 N–H and O–H groups in total. The van der Waals surface area contributed by atoms with Crippen LogP contribution in [0.3, 0.4) is 0 Å². The Hall–Kier alpha value is -1.82. The Morgan fingerprint density at radius 3 is 2.28 bits per heavy atom. The van der Waals surface area contributed by atoms with Crippen molar-refractivity contribution < 1.29 is 14.3 Å². The molecule has 0 atom stereocenters. The van der Waals surface area contributed by atoms with E-state index in [0.717, 1.165) is 0 Å². The number of thioether (sulfide) groups is 1. The van der Waals surface area contributed by atoms with Crippen molar-refractivity contribution in [3.05, 3.63) is 29.8 Å². The molecule has 0 amide bonds. The van der Waals surface area contributed by atoms with Gasteiger partial charge < -0.3 is 9.52 Å². The van der Waals surface area contributed by atoms with Crippen molar-refractivity contribution in [2.45, 2.75) is 19.1 Å². The summed E-state index contributed by atoms with van der Waals surface area (Å²) in [7, 11) is 0. The summed E-state index contributed by atoms with van der Waals surface area (Å²) in [6, 6.07) is 6.28. The average molecular weight is 266 g/mol. The van der Waals surface area contributed by atoms with Gasteiger partial charge in [-0.3, -0.25) is 0 Å². The molecular weight excluding hydrogens is 252 g/mol. The highest BCUT2D eigenvalue weighted by atomic mass is 32.2. The van der Waals surface area contributed by atoms with E-state index in [9.17, 15) is 4.79 Å². The molecule has 5 nitrogen and oxygen atoms in total. The Bertz CT molecular complexity index is 508. The van der Waals surface area contributed by atoms with E-state index in [1.165, 1.54) is 23.9 Å². The largest absolute Gasteiger partial charge is 0.478 e. The zero-order valence-electron chi connectivity index (χ0n) is 10.4. The predicted molar refractivity (Wildman–Crippen MR) is 69.8 cm³/mol. The van der Waals surface area contributed by atoms with E-state index in [1.807, 2.05) is 20.1 Å². The number of aromatic carboxylic acids is 1. The second-order valence-electron chi connectivity index (χ2n) is 2.96. The fourth-order valence-electron chi connectivity index (χ4n) is 1.16. The lowest BCUT2D eigenvalue weighted by Gasteiger charge is -1.95. The highest BCUT2D eigenvalue weighted by molar-refractivity contribution is 7.98. The molecule has 96 valence electrons. The van der Waals surface area contributed by atoms with Crippen molar-refractivity contribution in [3.63, 3.8) is 0 Å². The zero-order valence-corrected chi connectivity index (χ0v) is 11.2. The minimum Gasteiger partial charge on any atom is -0.478 e. The van der Waals surface area contributed by atoms with Gasteiger partial charge in [-0.15, -0.1) is 10.2 Å². The van der Waals surface area contributed by atoms with Gasteiger partial charge in [0.1, 0.15) is 0 Å². The zero-order chi connectivity index (χ0) is 13.5. The van der Waals surface area contributed by atoms with Crippen LogP contribution in [0, 0.1) is 0 Å². The van der Waals surface area contributed by atoms with Crippen LogP contribution in [-0.4, -0.2) is 27.5 Å². The molecular formula is C12H14N2O3S. The lowest BCUT2D eigenvalue weighted by atomic mass is 10.1. The van der Waals surface area contributed by atoms with Crippen LogP contribution in [0.15, 0.2) is 33.9 Å². The summed E-state index contributed by atoms with van der Waals surface area (Å²) in [6.45, 7) is 4.00. The Morgan fingerprint density at radius 1 is 1.22 bits per heavy atom. The smallest absolute Gasteiger partial charge is 0.335 e. The van der Waals surface area contributed by atoms with E-state index in [2.05, 4.69) is 10.2 Å². The number of hydrogen-bond acceptors (Lipinski definition) is 5. The van der Waals surface area contributed by atoms with Gasteiger partial charge >= 0.3 is 5.97 Å². The van der Waals surface area contributed by atoms with Crippen LogP contribution in [-0.2, 0) is 0 Å². The molecule has 0 saturated carbocycles. The predicted octanol–water partition coefficient (Wildman–Crippen LogP) is 3.18. The molecule has 18 heavy (non-hydrogen) atoms. The number of carboxylic acids is 1. The molecule has 0 unspecified atom stereocenters. The van der Waals surface area contributed by atoms with Crippen molar-refractivity contribution in [1.29, 1.82) is 0 Å². The fraction of sp³-hybridized carbons (Fsp3) is 0.250. The molecule has 0 aliphatic carbocycles. The summed E-state index contributed by atoms with van der Waals surface area (Å²) in [5.41, 5.74) is 0.936. The van der Waals surface area contributed by atoms with Crippen molar-refractivity contribution in [1.82, 2.24) is 10.2 Å². The monoisotopic (exact) mass is 266 g/mol. The Labute approximate surface area is 109 Å². The first-order valence-corrected chi connectivity index (χ1v) is 6.64. The Kier molecular flexibility index (Phi) is 5.38. The van der Waals surface area contributed by atoms with Crippen molar-refractivity contribution in [2.24, 2.45) is 0 Å². The standard InChI is InChI=1S/C10H8N2O3S.C2H6/c1-16-10-12-11-8(15-10)6-2-4-7(5-3-6)9(13)14;1-2/h2-5H,1H3,(H,13,14);1-2H3. The van der Waals surface area contributed by atoms with Gasteiger partial charge in [-0.25, -0.2) is 4.79 Å². The third-order valence-corrected chi connectivity index (χ3v) is 2.47. The number of nitrogens with zero attached hydrogens (tertiary/aromatic N) is 2. The van der Waals surface area contributed by atoms with Gasteiger partial charge in [-0.2, -0.15) is 0 Å². The van der Waals surface area contributed by atoms with Crippen LogP contribution < -0.4 is 0 Å². The molecule has 0 aliphatic rings. The molecule has 1 aromatic heterocycles. The molecule has 1 heterocycles. The molecule has 6 heteroatoms. The normalized spacial score (nSPS) is 9.50. The second kappa shape index (κ2) is 6.80. The van der Waals surface area contributed by atoms with Gasteiger partial charge in [0.15, 0.2) is 0 Å². The summed E-state index contributed by atoms with van der Waals surface area (Å²) in [4.78, 5) is 10.6. The topological polar surface area (TPSA) is 76.2 Å². The highest BCUT2D eigenvalue weighted by Gasteiger charge is 2.08. The molecule has 2 aromatic rings. The first kappa shape index (κ1) is 14.2. The molecule has 0 fully saturated rings. The third-order valence-electron chi connectivity index (χ3n) is 1.96. The lowest BCUT2D eigenvalue weighted by molar-refractivity contribution is 0.0697. The molecule has 0 bridgehead atoms. The van der Waals surface area contributed by atoms with Crippen LogP contribution in [0.4, 0.5) is 0 Å². The van der Waals surface area contributed by atoms with Crippen molar-refractivity contribution in [2.75, 3.05) is 6.26 Å². The van der Waals surface area contributed by atoms with Gasteiger partial charge in [0.25, 0.3) is 5.22 Å². The molecule has 2 rings (SSSR count). The van der Waals surface area contributed by atoms with Gasteiger partial charge in [0.05, 0.1) is 5.56 Å². The summed E-state index contributed by atoms with van der Waals surface area (Å²) < 4.78 is 5.31. The Balaban J connectivity index is 0.000000771. The first-order valence-electron chi connectivity index (χ1n) is 5.42. The maximum atomic E-state index is 10.6. The van der Waals surface area contributed by atoms with Crippen LogP contribution >= 0.6 is 11.8 Å². The number of carboxylic acid groups (broad SMARTS) is 1. The third kappa shape index (κ3) is 3.33. The van der Waals surface area contributed by atoms with E-state index in [0.29, 0.717) is 16.7 Å². The summed E-state index contributed by atoms with van der Waals surface area (Å²) in [5.74, 6) is -0.567. The molecule has 0 spiro atoms. The second-order valence-corrected chi connectivity index (χ2v) is 3.72. The van der Waals surface area contributed by atoms with E-state index in [-0.39, 0.29) is 5.56 Å². The SMILES string of the molecule is CC.CSc1nnc(-c2ccc(C(=O)O)cc2)o1. The van der Waals surface area contributed by atoms with E-state index in [1.54, 1.807) is 12.1 Å². The minimum atomic E-state index is -0.957. The molecule has 0 aliphatic heterocycles. The summed E-state index contributed by atoms with van der Waals surface area (Å²) in [5, 5.41) is 16.9. The highest BCUT2D eigenvalue weighted by Crippen LogP contribution is 2.21. The maximum absolute atomic E-state index is 10.6. The van der Waals surface area contributed by atoms with E-state index >= 15 is 0 Å². The summed E-state index contributed by atoms with van der Waals surface area (Å²) >= 11 is 1.36. The van der Waals surface area contributed by atoms with Gasteiger partial charge in [-0.05, 0) is 30.5 Å². The van der Waals surface area contributed by atoms with Gasteiger partial charge in [0, 0.05) is 5.56 Å². The fourth-order valence-corrected chi connectivity index (χ4v) is 1.45. The minimum absolute atomic E-state index is 0.230. The number of aromatic nitrogens is 2. The van der Waals surface area contributed by atoms with Crippen LogP contribution in [0.5, 0.6) is 0 Å². The number of benzene rings is 1. The van der Waals surface area contributed by atoms with Crippen molar-refractivity contribution >= 4 is 17.7 Å². The average Bonchev–Trinajstić information content (AvgIpc) is 2.90. The van der Waals surface area contributed by atoms with Crippen LogP contribution in [0.2, 0.25) is 0 Å². The van der Waals surface area contributed by atoms with E-state index in [4.69, 9.17) is 9.52 Å². The quantitative estimate of drug-likeness (QED) is 0.860. The number of hydrogen-bond donors (Lipinski definition) is 1. The van der Waals surface area contributed by atoms with E-state index < -0.39 is 5.97 Å². The molecule has 0 saturated heterocycles. The van der Waals surface area contributed by atoms with Crippen molar-refractivity contribution in [3.8, 4) is 11.5 Å². The summed E-state index contributed by atoms with van der Waals surface area (Å²) in [6.07, 6.45) is 1.84. The Morgan fingerprint density at radius 2 is 1.83 bits per heavy atom. The maximum Gasteiger partial charge on any atom is 0.335 e. The van der Waals surface area contributed by atoms with Gasteiger partial charge in [0.2, 0.25) is 5.89 Å². The lowest BCUT2D eigenvalue weighted by Crippen LogP contribution is -1.94. The number of rotatable bonds is 3. The first-order chi connectivity index (χ1) is 8.70.